The Balaban J connectivity index is 2.20. The van der Waals surface area contributed by atoms with Crippen molar-refractivity contribution in [1.82, 2.24) is 4.98 Å². The Morgan fingerprint density at radius 1 is 1.26 bits per heavy atom. The Morgan fingerprint density at radius 3 is 2.68 bits per heavy atom. The van der Waals surface area contributed by atoms with Crippen LogP contribution in [0.5, 0.6) is 0 Å². The first kappa shape index (κ1) is 13.2. The first-order valence-electron chi connectivity index (χ1n) is 5.42. The van der Waals surface area contributed by atoms with E-state index in [0.717, 1.165) is 0 Å². The third kappa shape index (κ3) is 3.39. The lowest BCUT2D eigenvalue weighted by Crippen LogP contribution is -2.05. The molecule has 0 aliphatic carbocycles. The number of aromatic amines is 1. The minimum atomic E-state index is -0.502. The van der Waals surface area contributed by atoms with E-state index in [1.165, 1.54) is 48.7 Å². The van der Waals surface area contributed by atoms with Crippen molar-refractivity contribution in [3.05, 3.63) is 74.9 Å². The van der Waals surface area contributed by atoms with Gasteiger partial charge in [0, 0.05) is 28.4 Å². The van der Waals surface area contributed by atoms with Crippen LogP contribution in [0.2, 0.25) is 5.02 Å². The molecule has 3 nitrogen and oxygen atoms in total. The van der Waals surface area contributed by atoms with Gasteiger partial charge in [0.25, 0.3) is 0 Å². The van der Waals surface area contributed by atoms with Gasteiger partial charge in [-0.3, -0.25) is 9.59 Å². The number of allylic oxidation sites excluding steroid dienone is 1. The van der Waals surface area contributed by atoms with Crippen LogP contribution in [-0.4, -0.2) is 10.8 Å². The van der Waals surface area contributed by atoms with Crippen LogP contribution in [0.3, 0.4) is 0 Å². The van der Waals surface area contributed by atoms with Crippen molar-refractivity contribution in [1.29, 1.82) is 0 Å². The molecule has 0 spiro atoms. The Hall–Kier alpha value is -2.20. The number of halogens is 2. The summed E-state index contributed by atoms with van der Waals surface area (Å²) in [5.74, 6) is -0.830. The molecule has 96 valence electrons. The summed E-state index contributed by atoms with van der Waals surface area (Å²) in [5, 5.41) is 0.293. The van der Waals surface area contributed by atoms with Gasteiger partial charge in [-0.1, -0.05) is 17.7 Å². The molecule has 0 fully saturated rings. The van der Waals surface area contributed by atoms with Crippen LogP contribution in [0.1, 0.15) is 15.9 Å². The molecule has 1 N–H and O–H groups in total. The lowest BCUT2D eigenvalue weighted by molar-refractivity contribution is 0.104. The van der Waals surface area contributed by atoms with Gasteiger partial charge in [-0.25, -0.2) is 4.39 Å². The first-order valence-corrected chi connectivity index (χ1v) is 5.80. The van der Waals surface area contributed by atoms with E-state index in [4.69, 9.17) is 11.6 Å². The highest BCUT2D eigenvalue weighted by molar-refractivity contribution is 6.30. The summed E-state index contributed by atoms with van der Waals surface area (Å²) < 4.78 is 13.5. The number of hydrogen-bond donors (Lipinski definition) is 1. The fourth-order valence-corrected chi connectivity index (χ4v) is 1.62. The summed E-state index contributed by atoms with van der Waals surface area (Å²) in [6.45, 7) is 0. The summed E-state index contributed by atoms with van der Waals surface area (Å²) in [6, 6.07) is 6.85. The summed E-state index contributed by atoms with van der Waals surface area (Å²) >= 11 is 5.63. The highest BCUT2D eigenvalue weighted by Crippen LogP contribution is 2.16. The van der Waals surface area contributed by atoms with Crippen LogP contribution < -0.4 is 5.56 Å². The Kier molecular flexibility index (Phi) is 3.92. The molecule has 1 aromatic heterocycles. The van der Waals surface area contributed by atoms with Crippen molar-refractivity contribution in [3.8, 4) is 0 Å². The molecule has 2 rings (SSSR count). The summed E-state index contributed by atoms with van der Waals surface area (Å²) in [7, 11) is 0. The number of nitrogens with one attached hydrogen (secondary N) is 1. The maximum atomic E-state index is 13.5. The number of hydrogen-bond acceptors (Lipinski definition) is 2. The highest BCUT2D eigenvalue weighted by Gasteiger charge is 2.03. The van der Waals surface area contributed by atoms with Gasteiger partial charge in [0.05, 0.1) is 0 Å². The molecule has 0 bridgehead atoms. The summed E-state index contributed by atoms with van der Waals surface area (Å²) in [5.41, 5.74) is 0.302. The van der Waals surface area contributed by atoms with Gasteiger partial charge in [-0.05, 0) is 30.4 Å². The standard InChI is InChI=1S/C14H9ClFNO2/c15-11-4-1-9(12(16)7-11)2-5-13(18)10-3-6-14(19)17-8-10/h1-8H,(H,17,19). The number of benzene rings is 1. The zero-order chi connectivity index (χ0) is 13.8. The largest absolute Gasteiger partial charge is 0.328 e. The molecule has 0 radical (unpaired) electrons. The third-order valence-corrected chi connectivity index (χ3v) is 2.68. The van der Waals surface area contributed by atoms with E-state index < -0.39 is 5.82 Å². The average molecular weight is 278 g/mol. The zero-order valence-electron chi connectivity index (χ0n) is 9.69. The number of carbonyl (C=O) groups is 1. The Morgan fingerprint density at radius 2 is 2.05 bits per heavy atom. The third-order valence-electron chi connectivity index (χ3n) is 2.45. The number of rotatable bonds is 3. The van der Waals surface area contributed by atoms with Crippen LogP contribution in [0.4, 0.5) is 4.39 Å². The van der Waals surface area contributed by atoms with E-state index in [1.54, 1.807) is 0 Å². The van der Waals surface area contributed by atoms with Gasteiger partial charge in [-0.2, -0.15) is 0 Å². The number of ketones is 1. The SMILES string of the molecule is O=C(C=Cc1ccc(Cl)cc1F)c1ccc(=O)[nH]c1. The normalized spacial score (nSPS) is 10.8. The number of aromatic nitrogens is 1. The second-order valence-electron chi connectivity index (χ2n) is 3.81. The molecule has 2 aromatic rings. The molecule has 19 heavy (non-hydrogen) atoms. The van der Waals surface area contributed by atoms with Crippen molar-refractivity contribution in [2.75, 3.05) is 0 Å². The lowest BCUT2D eigenvalue weighted by Gasteiger charge is -1.97. The van der Waals surface area contributed by atoms with Crippen molar-refractivity contribution >= 4 is 23.5 Å². The number of H-pyrrole nitrogens is 1. The zero-order valence-corrected chi connectivity index (χ0v) is 10.4. The summed E-state index contributed by atoms with van der Waals surface area (Å²) in [4.78, 5) is 25.0. The monoisotopic (exact) mass is 277 g/mol. The molecule has 1 aromatic carbocycles. The van der Waals surface area contributed by atoms with E-state index in [-0.39, 0.29) is 16.9 Å². The smallest absolute Gasteiger partial charge is 0.247 e. The second-order valence-corrected chi connectivity index (χ2v) is 4.24. The maximum Gasteiger partial charge on any atom is 0.247 e. The minimum absolute atomic E-state index is 0.266. The van der Waals surface area contributed by atoms with Gasteiger partial charge >= 0.3 is 0 Å². The molecule has 0 aliphatic rings. The fourth-order valence-electron chi connectivity index (χ4n) is 1.46. The number of pyridine rings is 1. The van der Waals surface area contributed by atoms with Crippen LogP contribution >= 0.6 is 11.6 Å². The fraction of sp³-hybridized carbons (Fsp3) is 0. The Labute approximate surface area is 113 Å². The van der Waals surface area contributed by atoms with Crippen LogP contribution in [0.15, 0.2) is 47.4 Å². The van der Waals surface area contributed by atoms with Crippen molar-refractivity contribution in [2.24, 2.45) is 0 Å². The predicted octanol–water partition coefficient (Wildman–Crippen LogP) is 3.06. The molecule has 0 aliphatic heterocycles. The van der Waals surface area contributed by atoms with Crippen molar-refractivity contribution < 1.29 is 9.18 Å². The summed E-state index contributed by atoms with van der Waals surface area (Å²) in [6.07, 6.45) is 3.91. The first-order chi connectivity index (χ1) is 9.06. The molecule has 0 atom stereocenters. The van der Waals surface area contributed by atoms with E-state index in [2.05, 4.69) is 4.98 Å². The molecular formula is C14H9ClFNO2. The lowest BCUT2D eigenvalue weighted by atomic mass is 10.1. The van der Waals surface area contributed by atoms with Crippen LogP contribution in [0, 0.1) is 5.82 Å². The van der Waals surface area contributed by atoms with Crippen molar-refractivity contribution in [2.45, 2.75) is 0 Å². The molecule has 0 unspecified atom stereocenters. The molecular weight excluding hydrogens is 269 g/mol. The number of carbonyl (C=O) groups excluding carboxylic acids is 1. The minimum Gasteiger partial charge on any atom is -0.328 e. The van der Waals surface area contributed by atoms with Gasteiger partial charge in [-0.15, -0.1) is 0 Å². The maximum absolute atomic E-state index is 13.5. The molecule has 1 heterocycles. The topological polar surface area (TPSA) is 49.9 Å². The highest BCUT2D eigenvalue weighted by atomic mass is 35.5. The van der Waals surface area contributed by atoms with Crippen molar-refractivity contribution in [3.63, 3.8) is 0 Å². The van der Waals surface area contributed by atoms with Gasteiger partial charge in [0.2, 0.25) is 5.56 Å². The quantitative estimate of drug-likeness (QED) is 0.692. The molecule has 0 saturated carbocycles. The van der Waals surface area contributed by atoms with E-state index in [0.29, 0.717) is 10.6 Å². The molecule has 0 amide bonds. The van der Waals surface area contributed by atoms with Crippen LogP contribution in [-0.2, 0) is 0 Å². The molecule has 0 saturated heterocycles. The van der Waals surface area contributed by atoms with E-state index >= 15 is 0 Å². The Bertz CT molecular complexity index is 686. The average Bonchev–Trinajstić information content (AvgIpc) is 2.38. The van der Waals surface area contributed by atoms with E-state index in [9.17, 15) is 14.0 Å². The van der Waals surface area contributed by atoms with E-state index in [1.807, 2.05) is 0 Å². The predicted molar refractivity (Wildman–Crippen MR) is 71.8 cm³/mol. The van der Waals surface area contributed by atoms with Crippen LogP contribution in [0.25, 0.3) is 6.08 Å². The van der Waals surface area contributed by atoms with Gasteiger partial charge in [0.15, 0.2) is 5.78 Å². The van der Waals surface area contributed by atoms with Gasteiger partial charge in [0.1, 0.15) is 5.82 Å². The molecule has 5 heteroatoms. The van der Waals surface area contributed by atoms with Gasteiger partial charge < -0.3 is 4.98 Å². The second kappa shape index (κ2) is 5.63.